The van der Waals surface area contributed by atoms with E-state index >= 15 is 0 Å². The summed E-state index contributed by atoms with van der Waals surface area (Å²) in [4.78, 5) is 4.60. The molecule has 1 aromatic carbocycles. The van der Waals surface area contributed by atoms with E-state index in [1.165, 1.54) is 0 Å². The van der Waals surface area contributed by atoms with Crippen LogP contribution in [0.15, 0.2) is 60.1 Å². The van der Waals surface area contributed by atoms with Gasteiger partial charge in [0.15, 0.2) is 5.82 Å². The minimum atomic E-state index is 0.365. The molecule has 1 aromatic heterocycles. The molecule has 0 spiro atoms. The van der Waals surface area contributed by atoms with Crippen LogP contribution in [0.2, 0.25) is 0 Å². The number of thiocarbonyl (C=S) groups is 1. The summed E-state index contributed by atoms with van der Waals surface area (Å²) in [7, 11) is 0. The summed E-state index contributed by atoms with van der Waals surface area (Å²) in [5.74, 6) is 1.25. The van der Waals surface area contributed by atoms with Crippen molar-refractivity contribution >= 4 is 28.7 Å². The first-order valence-corrected chi connectivity index (χ1v) is 7.14. The van der Waals surface area contributed by atoms with E-state index in [4.69, 9.17) is 12.2 Å². The Morgan fingerprint density at radius 2 is 2.00 bits per heavy atom. The lowest BCUT2D eigenvalue weighted by atomic mass is 10.2. The number of aromatic nitrogens is 1. The van der Waals surface area contributed by atoms with Gasteiger partial charge in [0.2, 0.25) is 0 Å². The average Bonchev–Trinajstić information content (AvgIpc) is 2.98. The SMILES string of the molecule is N#C/C(C(=S)NCc1ccccc1)=C1\Nc2cccnc2N1. The average molecular weight is 307 g/mol. The number of anilines is 2. The van der Waals surface area contributed by atoms with E-state index in [-0.39, 0.29) is 0 Å². The van der Waals surface area contributed by atoms with E-state index in [2.05, 4.69) is 27.0 Å². The number of nitrogens with one attached hydrogen (secondary N) is 3. The zero-order valence-electron chi connectivity index (χ0n) is 11.6. The number of nitriles is 1. The summed E-state index contributed by atoms with van der Waals surface area (Å²) in [5, 5.41) is 18.7. The second kappa shape index (κ2) is 6.24. The molecule has 0 bridgehead atoms. The number of pyridine rings is 1. The van der Waals surface area contributed by atoms with Crippen LogP contribution in [-0.2, 0) is 6.54 Å². The van der Waals surface area contributed by atoms with Crippen molar-refractivity contribution in [3.8, 4) is 6.07 Å². The van der Waals surface area contributed by atoms with Crippen LogP contribution in [0.1, 0.15) is 5.56 Å². The molecule has 3 N–H and O–H groups in total. The lowest BCUT2D eigenvalue weighted by molar-refractivity contribution is 0.928. The van der Waals surface area contributed by atoms with Gasteiger partial charge in [0.05, 0.1) is 5.69 Å². The molecule has 0 saturated heterocycles. The molecule has 0 unspecified atom stereocenters. The van der Waals surface area contributed by atoms with Crippen LogP contribution in [0.5, 0.6) is 0 Å². The third kappa shape index (κ3) is 2.90. The summed E-state index contributed by atoms with van der Waals surface area (Å²) in [6.07, 6.45) is 1.69. The first kappa shape index (κ1) is 14.0. The Hall–Kier alpha value is -2.91. The van der Waals surface area contributed by atoms with Gasteiger partial charge in [-0.1, -0.05) is 42.5 Å². The molecule has 5 nitrogen and oxygen atoms in total. The largest absolute Gasteiger partial charge is 0.371 e. The zero-order valence-corrected chi connectivity index (χ0v) is 12.4. The molecule has 2 heterocycles. The molecule has 0 fully saturated rings. The van der Waals surface area contributed by atoms with Crippen molar-refractivity contribution in [2.75, 3.05) is 10.6 Å². The molecule has 1 aliphatic rings. The van der Waals surface area contributed by atoms with Gasteiger partial charge >= 0.3 is 0 Å². The summed E-state index contributed by atoms with van der Waals surface area (Å²) in [5.41, 5.74) is 2.30. The lowest BCUT2D eigenvalue weighted by Gasteiger charge is -2.09. The van der Waals surface area contributed by atoms with Crippen molar-refractivity contribution in [3.63, 3.8) is 0 Å². The van der Waals surface area contributed by atoms with Gasteiger partial charge in [-0.2, -0.15) is 5.26 Å². The van der Waals surface area contributed by atoms with Crippen molar-refractivity contribution in [2.45, 2.75) is 6.54 Å². The van der Waals surface area contributed by atoms with Crippen molar-refractivity contribution in [1.29, 1.82) is 5.26 Å². The highest BCUT2D eigenvalue weighted by Crippen LogP contribution is 2.28. The van der Waals surface area contributed by atoms with Crippen LogP contribution in [0.3, 0.4) is 0 Å². The maximum absolute atomic E-state index is 9.40. The molecule has 0 saturated carbocycles. The quantitative estimate of drug-likeness (QED) is 0.460. The third-order valence-corrected chi connectivity index (χ3v) is 3.54. The van der Waals surface area contributed by atoms with Crippen LogP contribution in [0, 0.1) is 11.3 Å². The second-order valence-corrected chi connectivity index (χ2v) is 5.09. The Morgan fingerprint density at radius 1 is 1.18 bits per heavy atom. The summed E-state index contributed by atoms with van der Waals surface area (Å²) in [6.45, 7) is 0.573. The van der Waals surface area contributed by atoms with Crippen molar-refractivity contribution in [2.24, 2.45) is 0 Å². The monoisotopic (exact) mass is 307 g/mol. The molecular formula is C16H13N5S. The zero-order chi connectivity index (χ0) is 15.4. The van der Waals surface area contributed by atoms with Crippen LogP contribution in [-0.4, -0.2) is 9.97 Å². The highest BCUT2D eigenvalue weighted by molar-refractivity contribution is 7.80. The van der Waals surface area contributed by atoms with E-state index in [0.717, 1.165) is 11.3 Å². The van der Waals surface area contributed by atoms with Gasteiger partial charge in [-0.05, 0) is 17.7 Å². The van der Waals surface area contributed by atoms with Crippen molar-refractivity contribution in [3.05, 3.63) is 65.6 Å². The normalized spacial score (nSPS) is 14.1. The van der Waals surface area contributed by atoms with Crippen LogP contribution in [0.25, 0.3) is 0 Å². The van der Waals surface area contributed by atoms with Crippen molar-refractivity contribution in [1.82, 2.24) is 10.3 Å². The predicted molar refractivity (Wildman–Crippen MR) is 90.0 cm³/mol. The van der Waals surface area contributed by atoms with Gasteiger partial charge in [0, 0.05) is 12.7 Å². The minimum Gasteiger partial charge on any atom is -0.371 e. The smallest absolute Gasteiger partial charge is 0.155 e. The number of rotatable bonds is 3. The van der Waals surface area contributed by atoms with E-state index in [1.54, 1.807) is 6.20 Å². The van der Waals surface area contributed by atoms with E-state index < -0.39 is 0 Å². The van der Waals surface area contributed by atoms with Gasteiger partial charge in [0.25, 0.3) is 0 Å². The fourth-order valence-corrected chi connectivity index (χ4v) is 2.32. The molecule has 2 aromatic rings. The number of fused-ring (bicyclic) bond motifs is 1. The number of nitrogens with zero attached hydrogens (tertiary/aromatic N) is 2. The molecule has 1 aliphatic heterocycles. The minimum absolute atomic E-state index is 0.365. The Morgan fingerprint density at radius 3 is 2.73 bits per heavy atom. The highest BCUT2D eigenvalue weighted by atomic mass is 32.1. The lowest BCUT2D eigenvalue weighted by Crippen LogP contribution is -2.24. The fourth-order valence-electron chi connectivity index (χ4n) is 2.10. The fraction of sp³-hybridized carbons (Fsp3) is 0.0625. The Labute approximate surface area is 133 Å². The summed E-state index contributed by atoms with van der Waals surface area (Å²) >= 11 is 5.33. The molecule has 0 radical (unpaired) electrons. The molecule has 0 aliphatic carbocycles. The van der Waals surface area contributed by atoms with Gasteiger partial charge in [-0.3, -0.25) is 0 Å². The van der Waals surface area contributed by atoms with Crippen LogP contribution >= 0.6 is 12.2 Å². The topological polar surface area (TPSA) is 72.8 Å². The van der Waals surface area contributed by atoms with Crippen LogP contribution < -0.4 is 16.0 Å². The van der Waals surface area contributed by atoms with E-state index in [0.29, 0.717) is 28.7 Å². The predicted octanol–water partition coefficient (Wildman–Crippen LogP) is 2.77. The van der Waals surface area contributed by atoms with Gasteiger partial charge in [0.1, 0.15) is 22.5 Å². The maximum Gasteiger partial charge on any atom is 0.155 e. The summed E-state index contributed by atoms with van der Waals surface area (Å²) in [6, 6.07) is 15.7. The molecule has 3 rings (SSSR count). The second-order valence-electron chi connectivity index (χ2n) is 4.68. The maximum atomic E-state index is 9.40. The molecule has 6 heteroatoms. The summed E-state index contributed by atoms with van der Waals surface area (Å²) < 4.78 is 0. The highest BCUT2D eigenvalue weighted by Gasteiger charge is 2.20. The van der Waals surface area contributed by atoms with Crippen LogP contribution in [0.4, 0.5) is 11.5 Å². The van der Waals surface area contributed by atoms with E-state index in [9.17, 15) is 5.26 Å². The Balaban J connectivity index is 1.74. The van der Waals surface area contributed by atoms with Crippen molar-refractivity contribution < 1.29 is 0 Å². The molecular weight excluding hydrogens is 294 g/mol. The molecule has 0 atom stereocenters. The first-order chi connectivity index (χ1) is 10.8. The number of hydrogen-bond acceptors (Lipinski definition) is 5. The Bertz CT molecular complexity index is 750. The Kier molecular flexibility index (Phi) is 3.99. The number of hydrogen-bond donors (Lipinski definition) is 3. The third-order valence-electron chi connectivity index (χ3n) is 3.20. The molecule has 22 heavy (non-hydrogen) atoms. The van der Waals surface area contributed by atoms with Gasteiger partial charge < -0.3 is 16.0 Å². The molecule has 108 valence electrons. The first-order valence-electron chi connectivity index (χ1n) is 6.73. The standard InChI is InChI=1S/C16H13N5S/c17-9-12(14-20-13-7-4-8-18-15(13)21-14)16(22)19-10-11-5-2-1-3-6-11/h1-8,20H,10H2,(H,18,21)(H,19,22)/b14-12-. The van der Waals surface area contributed by atoms with E-state index in [1.807, 2.05) is 42.5 Å². The van der Waals surface area contributed by atoms with Gasteiger partial charge in [-0.15, -0.1) is 0 Å². The van der Waals surface area contributed by atoms with Gasteiger partial charge in [-0.25, -0.2) is 4.98 Å². The molecule has 0 amide bonds. The number of benzene rings is 1.